The third-order valence-corrected chi connectivity index (χ3v) is 3.60. The van der Waals surface area contributed by atoms with Crippen LogP contribution in [-0.2, 0) is 0 Å². The van der Waals surface area contributed by atoms with Crippen LogP contribution in [0.5, 0.6) is 0 Å². The average Bonchev–Trinajstić information content (AvgIpc) is 2.38. The van der Waals surface area contributed by atoms with Crippen molar-refractivity contribution in [1.29, 1.82) is 0 Å². The van der Waals surface area contributed by atoms with Crippen LogP contribution in [-0.4, -0.2) is 11.6 Å². The van der Waals surface area contributed by atoms with Crippen LogP contribution in [0.1, 0.15) is 34.6 Å². The second kappa shape index (κ2) is 5.49. The molecule has 0 radical (unpaired) electrons. The van der Waals surface area contributed by atoms with E-state index in [1.54, 1.807) is 0 Å². The van der Waals surface area contributed by atoms with Gasteiger partial charge in [-0.25, -0.2) is 0 Å². The highest BCUT2D eigenvalue weighted by atomic mass is 79.9. The number of carbonyl (C=O) groups excluding carboxylic acids is 2. The number of hydrogen-bond acceptors (Lipinski definition) is 2. The number of ketones is 2. The van der Waals surface area contributed by atoms with Crippen LogP contribution >= 0.6 is 15.9 Å². The summed E-state index contributed by atoms with van der Waals surface area (Å²) in [5, 5.41) is 0. The van der Waals surface area contributed by atoms with Gasteiger partial charge >= 0.3 is 0 Å². The first-order valence-corrected chi connectivity index (χ1v) is 6.71. The van der Waals surface area contributed by atoms with E-state index >= 15 is 0 Å². The van der Waals surface area contributed by atoms with Crippen LogP contribution in [0, 0.1) is 0 Å². The fourth-order valence-electron chi connectivity index (χ4n) is 2.15. The summed E-state index contributed by atoms with van der Waals surface area (Å²) < 4.78 is 0.657. The van der Waals surface area contributed by atoms with Gasteiger partial charge in [-0.05, 0) is 31.0 Å². The minimum atomic E-state index is -0.116. The van der Waals surface area contributed by atoms with Crippen molar-refractivity contribution in [3.05, 3.63) is 58.1 Å². The maximum Gasteiger partial charge on any atom is 0.161 e. The molecule has 0 bridgehead atoms. The van der Waals surface area contributed by atoms with Crippen molar-refractivity contribution >= 4 is 27.5 Å². The third kappa shape index (κ3) is 2.66. The maximum atomic E-state index is 11.9. The zero-order valence-electron chi connectivity index (χ0n) is 10.7. The van der Waals surface area contributed by atoms with E-state index in [-0.39, 0.29) is 11.6 Å². The van der Waals surface area contributed by atoms with Gasteiger partial charge in [-0.1, -0.05) is 52.3 Å². The molecule has 0 fully saturated rings. The van der Waals surface area contributed by atoms with Gasteiger partial charge in [-0.15, -0.1) is 0 Å². The van der Waals surface area contributed by atoms with Crippen molar-refractivity contribution in [3.63, 3.8) is 0 Å². The first kappa shape index (κ1) is 13.7. The molecule has 2 aromatic rings. The normalized spacial score (nSPS) is 10.3. The lowest BCUT2D eigenvalue weighted by Crippen LogP contribution is -2.07. The van der Waals surface area contributed by atoms with Crippen molar-refractivity contribution in [2.24, 2.45) is 0 Å². The average molecular weight is 317 g/mol. The molecule has 0 saturated heterocycles. The van der Waals surface area contributed by atoms with Gasteiger partial charge in [0.05, 0.1) is 0 Å². The summed E-state index contributed by atoms with van der Waals surface area (Å²) in [7, 11) is 0. The van der Waals surface area contributed by atoms with Crippen LogP contribution in [0.25, 0.3) is 11.1 Å². The zero-order valence-corrected chi connectivity index (χ0v) is 12.3. The summed E-state index contributed by atoms with van der Waals surface area (Å²) in [6, 6.07) is 13.3. The minimum Gasteiger partial charge on any atom is -0.294 e. The summed E-state index contributed by atoms with van der Waals surface area (Å²) in [6.45, 7) is 2.96. The summed E-state index contributed by atoms with van der Waals surface area (Å²) >= 11 is 3.35. The Morgan fingerprint density at radius 2 is 1.42 bits per heavy atom. The molecular formula is C16H13BrO2. The fraction of sp³-hybridized carbons (Fsp3) is 0.125. The second-order valence-corrected chi connectivity index (χ2v) is 5.18. The first-order chi connectivity index (χ1) is 9.02. The summed E-state index contributed by atoms with van der Waals surface area (Å²) in [5.74, 6) is -0.222. The number of rotatable bonds is 3. The molecule has 96 valence electrons. The van der Waals surface area contributed by atoms with Crippen LogP contribution in [0.4, 0.5) is 0 Å². The Balaban J connectivity index is 2.80. The molecule has 0 heterocycles. The predicted molar refractivity (Wildman–Crippen MR) is 79.6 cm³/mol. The van der Waals surface area contributed by atoms with Gasteiger partial charge in [-0.3, -0.25) is 9.59 Å². The molecule has 2 aromatic carbocycles. The van der Waals surface area contributed by atoms with E-state index < -0.39 is 0 Å². The molecule has 0 unspecified atom stereocenters. The molecule has 0 aliphatic carbocycles. The second-order valence-electron chi connectivity index (χ2n) is 4.32. The fourth-order valence-corrected chi connectivity index (χ4v) is 2.75. The van der Waals surface area contributed by atoms with Gasteiger partial charge in [0.15, 0.2) is 11.6 Å². The SMILES string of the molecule is CC(=O)c1c(Br)ccc(-c2ccccc2)c1C(C)=O. The Hall–Kier alpha value is -1.74. The van der Waals surface area contributed by atoms with Crippen LogP contribution in [0.15, 0.2) is 46.9 Å². The highest BCUT2D eigenvalue weighted by molar-refractivity contribution is 9.10. The van der Waals surface area contributed by atoms with Crippen molar-refractivity contribution < 1.29 is 9.59 Å². The number of carbonyl (C=O) groups is 2. The lowest BCUT2D eigenvalue weighted by atomic mass is 9.92. The molecule has 0 aliphatic rings. The van der Waals surface area contributed by atoms with E-state index in [0.717, 1.165) is 11.1 Å². The van der Waals surface area contributed by atoms with Crippen LogP contribution < -0.4 is 0 Å². The molecule has 0 saturated carbocycles. The molecule has 0 spiro atoms. The van der Waals surface area contributed by atoms with E-state index in [0.29, 0.717) is 15.6 Å². The Kier molecular flexibility index (Phi) is 3.96. The largest absolute Gasteiger partial charge is 0.294 e. The highest BCUT2D eigenvalue weighted by Crippen LogP contribution is 2.31. The molecule has 0 atom stereocenters. The van der Waals surface area contributed by atoms with E-state index in [9.17, 15) is 9.59 Å². The summed E-state index contributed by atoms with van der Waals surface area (Å²) in [6.07, 6.45) is 0. The Morgan fingerprint density at radius 1 is 0.842 bits per heavy atom. The monoisotopic (exact) mass is 316 g/mol. The first-order valence-electron chi connectivity index (χ1n) is 5.92. The number of Topliss-reactive ketones (excluding diaryl/α,β-unsaturated/α-hetero) is 2. The van der Waals surface area contributed by atoms with Gasteiger partial charge in [0.25, 0.3) is 0 Å². The number of halogens is 1. The van der Waals surface area contributed by atoms with Crippen LogP contribution in [0.2, 0.25) is 0 Å². The van der Waals surface area contributed by atoms with Crippen molar-refractivity contribution in [1.82, 2.24) is 0 Å². The minimum absolute atomic E-state index is 0.106. The lowest BCUT2D eigenvalue weighted by Gasteiger charge is -2.13. The predicted octanol–water partition coefficient (Wildman–Crippen LogP) is 4.52. The highest BCUT2D eigenvalue weighted by Gasteiger charge is 2.19. The van der Waals surface area contributed by atoms with E-state index in [4.69, 9.17) is 0 Å². The smallest absolute Gasteiger partial charge is 0.161 e. The van der Waals surface area contributed by atoms with Crippen molar-refractivity contribution in [2.45, 2.75) is 13.8 Å². The van der Waals surface area contributed by atoms with Gasteiger partial charge in [0.2, 0.25) is 0 Å². The third-order valence-electron chi connectivity index (χ3n) is 2.94. The van der Waals surface area contributed by atoms with Gasteiger partial charge < -0.3 is 0 Å². The van der Waals surface area contributed by atoms with Crippen molar-refractivity contribution in [2.75, 3.05) is 0 Å². The molecule has 2 rings (SSSR count). The van der Waals surface area contributed by atoms with E-state index in [1.165, 1.54) is 13.8 Å². The van der Waals surface area contributed by atoms with Crippen molar-refractivity contribution in [3.8, 4) is 11.1 Å². The molecule has 19 heavy (non-hydrogen) atoms. The van der Waals surface area contributed by atoms with E-state index in [2.05, 4.69) is 15.9 Å². The molecule has 0 amide bonds. The molecule has 3 heteroatoms. The molecular weight excluding hydrogens is 304 g/mol. The lowest BCUT2D eigenvalue weighted by molar-refractivity contribution is 0.0980. The zero-order chi connectivity index (χ0) is 14.0. The standard InChI is InChI=1S/C16H13BrO2/c1-10(18)15-13(12-6-4-3-5-7-12)8-9-14(17)16(15)11(2)19/h3-9H,1-2H3. The number of benzene rings is 2. The van der Waals surface area contributed by atoms with Gasteiger partial charge in [0.1, 0.15) is 0 Å². The van der Waals surface area contributed by atoms with Crippen LogP contribution in [0.3, 0.4) is 0 Å². The molecule has 0 aromatic heterocycles. The topological polar surface area (TPSA) is 34.1 Å². The quantitative estimate of drug-likeness (QED) is 0.780. The number of hydrogen-bond donors (Lipinski definition) is 0. The maximum absolute atomic E-state index is 11.9. The molecule has 0 aliphatic heterocycles. The van der Waals surface area contributed by atoms with Gasteiger partial charge in [-0.2, -0.15) is 0 Å². The molecule has 2 nitrogen and oxygen atoms in total. The van der Waals surface area contributed by atoms with E-state index in [1.807, 2.05) is 42.5 Å². The Bertz CT molecular complexity index is 645. The van der Waals surface area contributed by atoms with Gasteiger partial charge in [0, 0.05) is 15.6 Å². The Labute approximate surface area is 120 Å². The summed E-state index contributed by atoms with van der Waals surface area (Å²) in [4.78, 5) is 23.7. The Morgan fingerprint density at radius 3 is 1.95 bits per heavy atom. The summed E-state index contributed by atoms with van der Waals surface area (Å²) in [5.41, 5.74) is 2.66. The molecule has 0 N–H and O–H groups in total.